The fraction of sp³-hybridized carbons (Fsp3) is 0.417. The molecule has 0 bridgehead atoms. The Bertz CT molecular complexity index is 976. The molecule has 3 N–H and O–H groups in total. The Kier molecular flexibility index (Phi) is 7.60. The van der Waals surface area contributed by atoms with Crippen molar-refractivity contribution in [3.8, 4) is 6.07 Å². The van der Waals surface area contributed by atoms with Crippen molar-refractivity contribution in [1.82, 2.24) is 4.90 Å². The SMILES string of the molecule is CCCN(CCC)C(=O)C1=Cc2ccc(C3=CC(C#N)=CCC3)cc2NC(N=NN)C1. The van der Waals surface area contributed by atoms with E-state index in [2.05, 4.69) is 41.6 Å². The number of carbonyl (C=O) groups is 1. The Morgan fingerprint density at radius 1 is 1.29 bits per heavy atom. The molecule has 0 saturated carbocycles. The van der Waals surface area contributed by atoms with Gasteiger partial charge in [-0.3, -0.25) is 4.79 Å². The summed E-state index contributed by atoms with van der Waals surface area (Å²) in [4.78, 5) is 15.2. The Labute approximate surface area is 184 Å². The lowest BCUT2D eigenvalue weighted by Crippen LogP contribution is -2.34. The van der Waals surface area contributed by atoms with Crippen LogP contribution in [0.5, 0.6) is 0 Å². The molecule has 1 aliphatic carbocycles. The molecule has 0 radical (unpaired) electrons. The number of hydrogen-bond donors (Lipinski definition) is 2. The molecular formula is C24H30N6O. The monoisotopic (exact) mass is 418 g/mol. The van der Waals surface area contributed by atoms with Crippen molar-refractivity contribution in [2.24, 2.45) is 16.2 Å². The molecule has 2 aliphatic rings. The molecule has 0 aromatic heterocycles. The molecule has 1 aromatic carbocycles. The lowest BCUT2D eigenvalue weighted by atomic mass is 9.93. The van der Waals surface area contributed by atoms with Gasteiger partial charge in [0.05, 0.1) is 6.07 Å². The number of nitrogens with zero attached hydrogens (tertiary/aromatic N) is 4. The Morgan fingerprint density at radius 2 is 2.06 bits per heavy atom. The van der Waals surface area contributed by atoms with Crippen molar-refractivity contribution in [3.63, 3.8) is 0 Å². The summed E-state index contributed by atoms with van der Waals surface area (Å²) in [5, 5.41) is 20.2. The standard InChI is InChI=1S/C24H30N6O/c1-3-10-30(11-4-2)24(31)21-13-20-9-8-19(18-7-5-6-17(12-18)16-25)14-22(20)27-23(15-21)28-29-26/h6,8-9,12-14,23,27H,3-5,7,10-11,15H2,1-2H3,(H2,26,28). The van der Waals surface area contributed by atoms with Gasteiger partial charge in [0.2, 0.25) is 5.91 Å². The molecule has 0 saturated heterocycles. The van der Waals surface area contributed by atoms with E-state index in [1.165, 1.54) is 0 Å². The zero-order valence-corrected chi connectivity index (χ0v) is 18.3. The molecule has 1 unspecified atom stereocenters. The van der Waals surface area contributed by atoms with Crippen LogP contribution in [0.15, 0.2) is 51.8 Å². The number of fused-ring (bicyclic) bond motifs is 1. The number of allylic oxidation sites excluding steroid dienone is 4. The molecule has 1 aliphatic heterocycles. The van der Waals surface area contributed by atoms with Crippen LogP contribution in [0.25, 0.3) is 11.6 Å². The van der Waals surface area contributed by atoms with E-state index in [4.69, 9.17) is 5.84 Å². The van der Waals surface area contributed by atoms with Crippen LogP contribution in [0.3, 0.4) is 0 Å². The zero-order chi connectivity index (χ0) is 22.2. The minimum atomic E-state index is -0.420. The molecule has 162 valence electrons. The van der Waals surface area contributed by atoms with Crippen molar-refractivity contribution in [2.75, 3.05) is 18.4 Å². The van der Waals surface area contributed by atoms with Gasteiger partial charge in [-0.15, -0.1) is 5.11 Å². The van der Waals surface area contributed by atoms with Crippen LogP contribution in [0, 0.1) is 11.3 Å². The summed E-state index contributed by atoms with van der Waals surface area (Å²) < 4.78 is 0. The maximum atomic E-state index is 13.3. The molecule has 0 fully saturated rings. The summed E-state index contributed by atoms with van der Waals surface area (Å²) in [6.45, 7) is 5.62. The number of nitrogens with two attached hydrogens (primary N) is 1. The summed E-state index contributed by atoms with van der Waals surface area (Å²) in [6.07, 6.45) is 9.42. The molecular weight excluding hydrogens is 388 g/mol. The summed E-state index contributed by atoms with van der Waals surface area (Å²) in [5.74, 6) is 5.38. The average molecular weight is 419 g/mol. The third kappa shape index (κ3) is 5.40. The molecule has 7 nitrogen and oxygen atoms in total. The number of carbonyl (C=O) groups excluding carboxylic acids is 1. The van der Waals surface area contributed by atoms with Crippen LogP contribution in [0.4, 0.5) is 5.69 Å². The fourth-order valence-corrected chi connectivity index (χ4v) is 4.06. The summed E-state index contributed by atoms with van der Waals surface area (Å²) in [6, 6.07) is 8.34. The number of anilines is 1. The lowest BCUT2D eigenvalue weighted by Gasteiger charge is -2.23. The second-order valence-electron chi connectivity index (χ2n) is 7.84. The smallest absolute Gasteiger partial charge is 0.249 e. The Balaban J connectivity index is 1.98. The van der Waals surface area contributed by atoms with E-state index in [1.54, 1.807) is 0 Å². The first-order valence-electron chi connectivity index (χ1n) is 10.9. The molecule has 31 heavy (non-hydrogen) atoms. The fourth-order valence-electron chi connectivity index (χ4n) is 4.06. The van der Waals surface area contributed by atoms with Gasteiger partial charge in [-0.25, -0.2) is 0 Å². The molecule has 7 heteroatoms. The number of amides is 1. The van der Waals surface area contributed by atoms with E-state index in [-0.39, 0.29) is 5.91 Å². The van der Waals surface area contributed by atoms with E-state index in [0.29, 0.717) is 17.6 Å². The van der Waals surface area contributed by atoms with Crippen LogP contribution < -0.4 is 11.2 Å². The minimum Gasteiger partial charge on any atom is -0.361 e. The highest BCUT2D eigenvalue weighted by molar-refractivity contribution is 5.99. The third-order valence-corrected chi connectivity index (χ3v) is 5.48. The van der Waals surface area contributed by atoms with Gasteiger partial charge in [0.1, 0.15) is 6.17 Å². The predicted octanol–water partition coefficient (Wildman–Crippen LogP) is 4.81. The first-order valence-corrected chi connectivity index (χ1v) is 10.9. The number of hydrogen-bond acceptors (Lipinski definition) is 5. The van der Waals surface area contributed by atoms with Crippen molar-refractivity contribution in [3.05, 3.63) is 52.6 Å². The molecule has 3 rings (SSSR count). The number of nitrogens with one attached hydrogen (secondary N) is 1. The highest BCUT2D eigenvalue weighted by atomic mass is 16.2. The van der Waals surface area contributed by atoms with E-state index in [1.807, 2.05) is 35.3 Å². The quantitative estimate of drug-likeness (QED) is 0.376. The first-order chi connectivity index (χ1) is 15.1. The van der Waals surface area contributed by atoms with Gasteiger partial charge in [-0.1, -0.05) is 37.3 Å². The van der Waals surface area contributed by atoms with Crippen LogP contribution in [-0.4, -0.2) is 30.1 Å². The van der Waals surface area contributed by atoms with Gasteiger partial charge >= 0.3 is 0 Å². The van der Waals surface area contributed by atoms with Crippen LogP contribution >= 0.6 is 0 Å². The zero-order valence-electron chi connectivity index (χ0n) is 18.3. The average Bonchev–Trinajstić information content (AvgIpc) is 2.97. The maximum Gasteiger partial charge on any atom is 0.249 e. The van der Waals surface area contributed by atoms with E-state index >= 15 is 0 Å². The highest BCUT2D eigenvalue weighted by Crippen LogP contribution is 2.33. The highest BCUT2D eigenvalue weighted by Gasteiger charge is 2.24. The van der Waals surface area contributed by atoms with Crippen molar-refractivity contribution in [1.29, 1.82) is 5.26 Å². The number of benzene rings is 1. The largest absolute Gasteiger partial charge is 0.361 e. The third-order valence-electron chi connectivity index (χ3n) is 5.48. The van der Waals surface area contributed by atoms with Gasteiger partial charge < -0.3 is 16.1 Å². The van der Waals surface area contributed by atoms with Crippen molar-refractivity contribution >= 4 is 23.2 Å². The topological polar surface area (TPSA) is 107 Å². The van der Waals surface area contributed by atoms with Gasteiger partial charge in [0.25, 0.3) is 0 Å². The second-order valence-corrected chi connectivity index (χ2v) is 7.84. The molecule has 1 heterocycles. The van der Waals surface area contributed by atoms with Gasteiger partial charge in [-0.05, 0) is 60.6 Å². The normalized spacial score (nSPS) is 18.1. The van der Waals surface area contributed by atoms with E-state index in [9.17, 15) is 10.1 Å². The maximum absolute atomic E-state index is 13.3. The first kappa shape index (κ1) is 22.3. The van der Waals surface area contributed by atoms with Gasteiger partial charge in [-0.2, -0.15) is 5.26 Å². The van der Waals surface area contributed by atoms with Crippen molar-refractivity contribution < 1.29 is 4.79 Å². The Morgan fingerprint density at radius 3 is 2.74 bits per heavy atom. The minimum absolute atomic E-state index is 0.0402. The number of nitriles is 1. The van der Waals surface area contributed by atoms with Gasteiger partial charge in [0, 0.05) is 36.3 Å². The molecule has 0 spiro atoms. The number of rotatable bonds is 7. The van der Waals surface area contributed by atoms with E-state index < -0.39 is 6.17 Å². The Hall–Kier alpha value is -3.40. The van der Waals surface area contributed by atoms with Crippen LogP contribution in [0.2, 0.25) is 0 Å². The van der Waals surface area contributed by atoms with E-state index in [0.717, 1.165) is 61.2 Å². The summed E-state index contributed by atoms with van der Waals surface area (Å²) >= 11 is 0. The summed E-state index contributed by atoms with van der Waals surface area (Å²) in [5.41, 5.74) is 5.38. The van der Waals surface area contributed by atoms with Crippen LogP contribution in [-0.2, 0) is 4.79 Å². The second kappa shape index (κ2) is 10.6. The predicted molar refractivity (Wildman–Crippen MR) is 124 cm³/mol. The molecule has 1 aromatic rings. The van der Waals surface area contributed by atoms with Crippen LogP contribution in [0.1, 0.15) is 57.1 Å². The summed E-state index contributed by atoms with van der Waals surface area (Å²) in [7, 11) is 0. The van der Waals surface area contributed by atoms with Crippen molar-refractivity contribution in [2.45, 2.75) is 52.1 Å². The molecule has 1 atom stereocenters. The molecule has 1 amide bonds. The lowest BCUT2D eigenvalue weighted by molar-refractivity contribution is -0.127. The van der Waals surface area contributed by atoms with Gasteiger partial charge in [0.15, 0.2) is 0 Å².